The van der Waals surface area contributed by atoms with Crippen LogP contribution in [0.2, 0.25) is 0 Å². The predicted octanol–water partition coefficient (Wildman–Crippen LogP) is 6.54. The summed E-state index contributed by atoms with van der Waals surface area (Å²) < 4.78 is 7.77. The molecule has 198 valence electrons. The second-order valence-electron chi connectivity index (χ2n) is 9.92. The Bertz CT molecular complexity index is 1530. The van der Waals surface area contributed by atoms with E-state index in [2.05, 4.69) is 9.83 Å². The van der Waals surface area contributed by atoms with Gasteiger partial charge in [0.15, 0.2) is 5.69 Å². The maximum absolute atomic E-state index is 13.8. The van der Waals surface area contributed by atoms with Crippen LogP contribution in [0.25, 0.3) is 15.9 Å². The summed E-state index contributed by atoms with van der Waals surface area (Å²) in [5, 5.41) is 9.61. The third-order valence-electron chi connectivity index (χ3n) is 7.08. The minimum absolute atomic E-state index is 0.0465. The number of fused-ring (bicyclic) bond motifs is 1. The highest BCUT2D eigenvalue weighted by atomic mass is 16.5. The summed E-state index contributed by atoms with van der Waals surface area (Å²) in [5.74, 6) is -0.0761. The number of imidazole rings is 1. The van der Waals surface area contributed by atoms with Crippen molar-refractivity contribution in [1.82, 2.24) is 9.55 Å². The molecule has 1 saturated carbocycles. The number of aryl methyl sites for hydroxylation is 1. The largest absolute Gasteiger partial charge is 0.490 e. The number of hydrogen-bond donors (Lipinski definition) is 1. The first kappa shape index (κ1) is 26.0. The van der Waals surface area contributed by atoms with Gasteiger partial charge >= 0.3 is 5.97 Å². The first-order valence-electron chi connectivity index (χ1n) is 13.1. The quantitative estimate of drug-likeness (QED) is 0.266. The third-order valence-corrected chi connectivity index (χ3v) is 7.08. The van der Waals surface area contributed by atoms with E-state index in [4.69, 9.17) is 11.3 Å². The predicted molar refractivity (Wildman–Crippen MR) is 149 cm³/mol. The number of carboxylic acid groups (broad SMARTS) is 1. The molecule has 5 rings (SSSR count). The zero-order valence-corrected chi connectivity index (χ0v) is 21.8. The molecule has 39 heavy (non-hydrogen) atoms. The molecule has 0 atom stereocenters. The topological polar surface area (TPSA) is 89.0 Å². The van der Waals surface area contributed by atoms with E-state index in [0.29, 0.717) is 33.8 Å². The Morgan fingerprint density at radius 1 is 1.05 bits per heavy atom. The molecule has 0 aliphatic heterocycles. The molecule has 1 heterocycles. The maximum atomic E-state index is 13.8. The number of hydrogen-bond acceptors (Lipinski definition) is 4. The highest BCUT2D eigenvalue weighted by molar-refractivity contribution is 6.06. The van der Waals surface area contributed by atoms with Crippen molar-refractivity contribution in [1.29, 1.82) is 0 Å². The van der Waals surface area contributed by atoms with Crippen LogP contribution in [0.5, 0.6) is 5.75 Å². The third kappa shape index (κ3) is 5.93. The normalized spacial score (nSPS) is 13.6. The Balaban J connectivity index is 1.51. The van der Waals surface area contributed by atoms with Gasteiger partial charge < -0.3 is 19.3 Å². The van der Waals surface area contributed by atoms with Crippen molar-refractivity contribution >= 4 is 34.3 Å². The van der Waals surface area contributed by atoms with E-state index in [0.717, 1.165) is 24.2 Å². The Kier molecular flexibility index (Phi) is 7.60. The second kappa shape index (κ2) is 11.4. The molecule has 1 N–H and O–H groups in total. The van der Waals surface area contributed by atoms with Gasteiger partial charge in [0, 0.05) is 11.3 Å². The Morgan fingerprint density at radius 3 is 2.44 bits per heavy atom. The van der Waals surface area contributed by atoms with Crippen molar-refractivity contribution in [2.45, 2.75) is 58.2 Å². The molecule has 3 aromatic carbocycles. The van der Waals surface area contributed by atoms with Crippen molar-refractivity contribution in [3.8, 4) is 5.75 Å². The molecular formula is C31H30N4O4. The van der Waals surface area contributed by atoms with E-state index in [1.165, 1.54) is 19.3 Å². The van der Waals surface area contributed by atoms with E-state index in [-0.39, 0.29) is 25.1 Å². The van der Waals surface area contributed by atoms with Gasteiger partial charge in [-0.3, -0.25) is 9.59 Å². The van der Waals surface area contributed by atoms with Crippen molar-refractivity contribution < 1.29 is 19.4 Å². The van der Waals surface area contributed by atoms with E-state index in [9.17, 15) is 14.7 Å². The van der Waals surface area contributed by atoms with Gasteiger partial charge in [0.25, 0.3) is 5.91 Å². The van der Waals surface area contributed by atoms with Crippen LogP contribution in [0.15, 0.2) is 66.7 Å². The fourth-order valence-electron chi connectivity index (χ4n) is 5.02. The number of aromatic nitrogens is 2. The van der Waals surface area contributed by atoms with Crippen molar-refractivity contribution in [2.24, 2.45) is 0 Å². The van der Waals surface area contributed by atoms with Gasteiger partial charge in [-0.15, -0.1) is 0 Å². The Labute approximate surface area is 227 Å². The summed E-state index contributed by atoms with van der Waals surface area (Å²) in [6.07, 6.45) is 5.92. The molecule has 4 aromatic rings. The lowest BCUT2D eigenvalue weighted by atomic mass is 9.98. The van der Waals surface area contributed by atoms with Crippen LogP contribution in [0.3, 0.4) is 0 Å². The van der Waals surface area contributed by atoms with Crippen molar-refractivity contribution in [3.05, 3.63) is 95.1 Å². The molecule has 1 aliphatic carbocycles. The van der Waals surface area contributed by atoms with Crippen molar-refractivity contribution in [3.63, 3.8) is 0 Å². The van der Waals surface area contributed by atoms with Crippen molar-refractivity contribution in [2.75, 3.05) is 4.90 Å². The van der Waals surface area contributed by atoms with E-state index in [1.807, 2.05) is 43.3 Å². The average molecular weight is 523 g/mol. The molecule has 1 amide bonds. The Morgan fingerprint density at radius 2 is 1.77 bits per heavy atom. The number of benzene rings is 3. The number of amides is 1. The number of nitrogens with zero attached hydrogens (tertiary/aromatic N) is 4. The molecule has 8 heteroatoms. The molecule has 0 saturated heterocycles. The summed E-state index contributed by atoms with van der Waals surface area (Å²) >= 11 is 0. The summed E-state index contributed by atoms with van der Waals surface area (Å²) in [6.45, 7) is 9.01. The van der Waals surface area contributed by atoms with Gasteiger partial charge in [0.05, 0.1) is 30.3 Å². The number of carboxylic acids is 1. The van der Waals surface area contributed by atoms with Gasteiger partial charge in [-0.2, -0.15) is 0 Å². The van der Waals surface area contributed by atoms with Crippen LogP contribution in [-0.4, -0.2) is 32.6 Å². The summed E-state index contributed by atoms with van der Waals surface area (Å²) in [7, 11) is 0. The second-order valence-corrected chi connectivity index (χ2v) is 9.92. The molecule has 0 bridgehead atoms. The zero-order chi connectivity index (χ0) is 27.4. The Hall–Kier alpha value is -4.64. The number of rotatable bonds is 8. The lowest BCUT2D eigenvalue weighted by Crippen LogP contribution is -2.32. The first-order valence-corrected chi connectivity index (χ1v) is 13.1. The van der Waals surface area contributed by atoms with Gasteiger partial charge in [-0.1, -0.05) is 30.2 Å². The van der Waals surface area contributed by atoms with Crippen LogP contribution >= 0.6 is 0 Å². The number of ether oxygens (including phenoxy) is 1. The van der Waals surface area contributed by atoms with Gasteiger partial charge in [-0.05, 0) is 81.1 Å². The number of anilines is 1. The fourth-order valence-corrected chi connectivity index (χ4v) is 5.02. The van der Waals surface area contributed by atoms with Crippen LogP contribution in [0.1, 0.15) is 53.8 Å². The molecule has 0 radical (unpaired) electrons. The molecule has 0 unspecified atom stereocenters. The molecule has 1 aliphatic rings. The minimum atomic E-state index is -1.02. The first-order chi connectivity index (χ1) is 18.9. The fraction of sp³-hybridized carbons (Fsp3) is 0.290. The molecule has 1 fully saturated rings. The van der Waals surface area contributed by atoms with Crippen LogP contribution in [0.4, 0.5) is 11.4 Å². The monoisotopic (exact) mass is 522 g/mol. The number of carbonyl (C=O) groups is 2. The van der Waals surface area contributed by atoms with E-state index >= 15 is 0 Å². The van der Waals surface area contributed by atoms with E-state index < -0.39 is 5.97 Å². The number of aliphatic carboxylic acids is 1. The summed E-state index contributed by atoms with van der Waals surface area (Å²) in [5.41, 5.74) is 3.72. The summed E-state index contributed by atoms with van der Waals surface area (Å²) in [6, 6.07) is 19.8. The number of carbonyl (C=O) groups excluding carboxylic acids is 1. The van der Waals surface area contributed by atoms with Crippen LogP contribution in [0, 0.1) is 13.5 Å². The average Bonchev–Trinajstić information content (AvgIpc) is 3.28. The van der Waals surface area contributed by atoms with Gasteiger partial charge in [0.1, 0.15) is 18.1 Å². The lowest BCUT2D eigenvalue weighted by molar-refractivity contribution is -0.137. The molecule has 0 spiro atoms. The lowest BCUT2D eigenvalue weighted by Gasteiger charge is -2.25. The minimum Gasteiger partial charge on any atom is -0.490 e. The standard InChI is InChI=1S/C31H30N4O4/c1-21-8-10-22(11-9-21)31(38)34(24-13-15-26(16-14-24)39-25-6-4-3-5-7-25)19-29-33-27-18-23(32-2)12-17-28(27)35(29)20-30(36)37/h8-18,25H,3-7,19-20H2,1H3,(H,36,37). The SMILES string of the molecule is [C-]#[N+]c1ccc2c(c1)nc(CN(C(=O)c1ccc(C)cc1)c1ccc(OC3CCCCC3)cc1)n2CC(=O)O. The highest BCUT2D eigenvalue weighted by Crippen LogP contribution is 2.29. The molecule has 1 aromatic heterocycles. The van der Waals surface area contributed by atoms with Crippen LogP contribution in [-0.2, 0) is 17.9 Å². The summed E-state index contributed by atoms with van der Waals surface area (Å²) in [4.78, 5) is 35.3. The highest BCUT2D eigenvalue weighted by Gasteiger charge is 2.23. The van der Waals surface area contributed by atoms with Crippen LogP contribution < -0.4 is 9.64 Å². The van der Waals surface area contributed by atoms with Gasteiger partial charge in [-0.25, -0.2) is 9.83 Å². The smallest absolute Gasteiger partial charge is 0.323 e. The zero-order valence-electron chi connectivity index (χ0n) is 21.8. The molecular weight excluding hydrogens is 492 g/mol. The van der Waals surface area contributed by atoms with Gasteiger partial charge in [0.2, 0.25) is 0 Å². The maximum Gasteiger partial charge on any atom is 0.323 e. The molecule has 8 nitrogen and oxygen atoms in total. The van der Waals surface area contributed by atoms with E-state index in [1.54, 1.807) is 39.8 Å².